The molecule has 0 radical (unpaired) electrons. The maximum atomic E-state index is 11.1. The van der Waals surface area contributed by atoms with Crippen molar-refractivity contribution in [2.45, 2.75) is 19.9 Å². The Morgan fingerprint density at radius 1 is 1.11 bits per heavy atom. The van der Waals surface area contributed by atoms with Gasteiger partial charge in [0.05, 0.1) is 5.92 Å². The summed E-state index contributed by atoms with van der Waals surface area (Å²) in [5, 5.41) is 18.0. The van der Waals surface area contributed by atoms with E-state index >= 15 is 0 Å². The number of hydrogen-bond acceptors (Lipinski definition) is 3. The van der Waals surface area contributed by atoms with E-state index in [0.717, 1.165) is 0 Å². The largest absolute Gasteiger partial charge is 0.481 e. The van der Waals surface area contributed by atoms with Gasteiger partial charge in [-0.2, -0.15) is 0 Å². The molecule has 1 aromatic rings. The van der Waals surface area contributed by atoms with Crippen molar-refractivity contribution in [3.8, 4) is 0 Å². The van der Waals surface area contributed by atoms with Crippen LogP contribution in [-0.2, 0) is 9.59 Å². The quantitative estimate of drug-likeness (QED) is 0.804. The zero-order valence-electron chi connectivity index (χ0n) is 10.4. The summed E-state index contributed by atoms with van der Waals surface area (Å²) in [5.41, 5.74) is 0.709. The lowest BCUT2D eigenvalue weighted by molar-refractivity contribution is -0.142. The average Bonchev–Trinajstić information content (AvgIpc) is 2.35. The summed E-state index contributed by atoms with van der Waals surface area (Å²) in [7, 11) is 0. The van der Waals surface area contributed by atoms with Gasteiger partial charge in [0.15, 0.2) is 0 Å². The molecule has 0 bridgehead atoms. The topological polar surface area (TPSA) is 77.8 Å². The number of hydrogen-bond donors (Lipinski definition) is 2. The first-order chi connectivity index (χ1) is 8.43. The van der Waals surface area contributed by atoms with Crippen molar-refractivity contribution in [1.82, 2.24) is 0 Å². The Morgan fingerprint density at radius 3 is 2.11 bits per heavy atom. The smallest absolute Gasteiger partial charge is 0.326 e. The lowest BCUT2D eigenvalue weighted by Gasteiger charge is -2.30. The molecule has 5 heteroatoms. The van der Waals surface area contributed by atoms with Crippen molar-refractivity contribution in [1.29, 1.82) is 0 Å². The number of rotatable bonds is 6. The number of aliphatic carboxylic acids is 2. The predicted molar refractivity (Wildman–Crippen MR) is 67.7 cm³/mol. The molecule has 2 atom stereocenters. The van der Waals surface area contributed by atoms with Crippen LogP contribution < -0.4 is 4.90 Å². The van der Waals surface area contributed by atoms with E-state index < -0.39 is 23.9 Å². The minimum Gasteiger partial charge on any atom is -0.481 e. The molecule has 2 unspecified atom stereocenters. The molecule has 0 aliphatic carbocycles. The van der Waals surface area contributed by atoms with Crippen molar-refractivity contribution in [2.75, 3.05) is 11.4 Å². The van der Waals surface area contributed by atoms with Crippen molar-refractivity contribution >= 4 is 17.6 Å². The molecule has 0 aliphatic heterocycles. The number of anilines is 1. The second-order valence-corrected chi connectivity index (χ2v) is 4.24. The van der Waals surface area contributed by atoms with Gasteiger partial charge in [-0.25, -0.2) is 4.79 Å². The van der Waals surface area contributed by atoms with Gasteiger partial charge < -0.3 is 15.1 Å². The minimum absolute atomic E-state index is 0.160. The molecule has 1 aromatic carbocycles. The van der Waals surface area contributed by atoms with Crippen LogP contribution in [0.15, 0.2) is 30.3 Å². The van der Waals surface area contributed by atoms with Gasteiger partial charge >= 0.3 is 11.9 Å². The van der Waals surface area contributed by atoms with Gasteiger partial charge in [-0.05, 0) is 19.1 Å². The third kappa shape index (κ3) is 3.48. The summed E-state index contributed by atoms with van der Waals surface area (Å²) in [6.45, 7) is 3.27. The third-order valence-electron chi connectivity index (χ3n) is 2.80. The second kappa shape index (κ2) is 6.05. The first-order valence-electron chi connectivity index (χ1n) is 5.70. The van der Waals surface area contributed by atoms with Crippen LogP contribution in [0.3, 0.4) is 0 Å². The highest BCUT2D eigenvalue weighted by Crippen LogP contribution is 2.18. The van der Waals surface area contributed by atoms with Crippen LogP contribution in [0.4, 0.5) is 5.69 Å². The normalized spacial score (nSPS) is 13.7. The molecule has 0 fully saturated rings. The van der Waals surface area contributed by atoms with Crippen molar-refractivity contribution in [3.05, 3.63) is 30.3 Å². The van der Waals surface area contributed by atoms with Crippen LogP contribution in [0.5, 0.6) is 0 Å². The maximum absolute atomic E-state index is 11.1. The van der Waals surface area contributed by atoms with E-state index in [2.05, 4.69) is 0 Å². The molecule has 2 N–H and O–H groups in total. The summed E-state index contributed by atoms with van der Waals surface area (Å²) in [6.07, 6.45) is 0. The Bertz CT molecular complexity index is 418. The molecular formula is C13H17NO4. The minimum atomic E-state index is -0.976. The van der Waals surface area contributed by atoms with Gasteiger partial charge in [-0.15, -0.1) is 0 Å². The van der Waals surface area contributed by atoms with Crippen molar-refractivity contribution < 1.29 is 19.8 Å². The predicted octanol–water partition coefficient (Wildman–Crippen LogP) is 1.69. The van der Waals surface area contributed by atoms with Gasteiger partial charge in [0.25, 0.3) is 0 Å². The van der Waals surface area contributed by atoms with Crippen LogP contribution in [0, 0.1) is 5.92 Å². The molecule has 18 heavy (non-hydrogen) atoms. The highest BCUT2D eigenvalue weighted by molar-refractivity contribution is 5.78. The number of carboxylic acid groups (broad SMARTS) is 2. The van der Waals surface area contributed by atoms with Crippen LogP contribution in [0.2, 0.25) is 0 Å². The van der Waals surface area contributed by atoms with E-state index in [4.69, 9.17) is 10.2 Å². The number of carboxylic acids is 2. The summed E-state index contributed by atoms with van der Waals surface area (Å²) in [4.78, 5) is 23.5. The Hall–Kier alpha value is -2.04. The van der Waals surface area contributed by atoms with E-state index in [1.165, 1.54) is 0 Å². The van der Waals surface area contributed by atoms with E-state index in [-0.39, 0.29) is 6.54 Å². The third-order valence-corrected chi connectivity index (χ3v) is 2.80. The van der Waals surface area contributed by atoms with Crippen molar-refractivity contribution in [3.63, 3.8) is 0 Å². The molecule has 0 aliphatic rings. The lowest BCUT2D eigenvalue weighted by Crippen LogP contribution is -2.43. The van der Waals surface area contributed by atoms with Crippen molar-refractivity contribution in [2.24, 2.45) is 5.92 Å². The first kappa shape index (κ1) is 14.0. The summed E-state index contributed by atoms with van der Waals surface area (Å²) < 4.78 is 0. The average molecular weight is 251 g/mol. The van der Waals surface area contributed by atoms with E-state index in [0.29, 0.717) is 5.69 Å². The monoisotopic (exact) mass is 251 g/mol. The molecule has 98 valence electrons. The van der Waals surface area contributed by atoms with E-state index in [1.807, 2.05) is 6.07 Å². The van der Waals surface area contributed by atoms with Gasteiger partial charge in [-0.1, -0.05) is 25.1 Å². The number of nitrogens with zero attached hydrogens (tertiary/aromatic N) is 1. The van der Waals surface area contributed by atoms with Gasteiger partial charge in [0.1, 0.15) is 6.04 Å². The molecule has 0 spiro atoms. The first-order valence-corrected chi connectivity index (χ1v) is 5.70. The van der Waals surface area contributed by atoms with Crippen LogP contribution in [0.25, 0.3) is 0 Å². The molecule has 0 amide bonds. The van der Waals surface area contributed by atoms with Gasteiger partial charge in [-0.3, -0.25) is 4.79 Å². The molecular weight excluding hydrogens is 234 g/mol. The van der Waals surface area contributed by atoms with Crippen LogP contribution >= 0.6 is 0 Å². The standard InChI is InChI=1S/C13H17NO4/c1-9(12(15)16)8-14(10(2)13(17)18)11-6-4-3-5-7-11/h3-7,9-10H,8H2,1-2H3,(H,15,16)(H,17,18). The molecule has 0 saturated heterocycles. The zero-order valence-corrected chi connectivity index (χ0v) is 10.4. The Kier molecular flexibility index (Phi) is 4.71. The van der Waals surface area contributed by atoms with E-state index in [1.54, 1.807) is 43.0 Å². The fourth-order valence-corrected chi connectivity index (χ4v) is 1.61. The fourth-order valence-electron chi connectivity index (χ4n) is 1.61. The number of benzene rings is 1. The zero-order chi connectivity index (χ0) is 13.7. The molecule has 0 saturated carbocycles. The molecule has 1 rings (SSSR count). The second-order valence-electron chi connectivity index (χ2n) is 4.24. The Labute approximate surface area is 106 Å². The lowest BCUT2D eigenvalue weighted by atomic mass is 10.1. The maximum Gasteiger partial charge on any atom is 0.326 e. The van der Waals surface area contributed by atoms with Gasteiger partial charge in [0.2, 0.25) is 0 Å². The van der Waals surface area contributed by atoms with Crippen LogP contribution in [-0.4, -0.2) is 34.7 Å². The number of carbonyl (C=O) groups is 2. The fraction of sp³-hybridized carbons (Fsp3) is 0.385. The molecule has 5 nitrogen and oxygen atoms in total. The van der Waals surface area contributed by atoms with Crippen LogP contribution in [0.1, 0.15) is 13.8 Å². The summed E-state index contributed by atoms with van der Waals surface area (Å²) in [5.74, 6) is -2.54. The highest BCUT2D eigenvalue weighted by atomic mass is 16.4. The molecule has 0 heterocycles. The Balaban J connectivity index is 2.96. The van der Waals surface area contributed by atoms with E-state index in [9.17, 15) is 9.59 Å². The highest BCUT2D eigenvalue weighted by Gasteiger charge is 2.24. The summed E-state index contributed by atoms with van der Waals surface area (Å²) >= 11 is 0. The SMILES string of the molecule is CC(CN(c1ccccc1)C(C)C(=O)O)C(=O)O. The van der Waals surface area contributed by atoms with Gasteiger partial charge in [0, 0.05) is 12.2 Å². The summed E-state index contributed by atoms with van der Waals surface area (Å²) in [6, 6.07) is 8.19. The molecule has 0 aromatic heterocycles. The Morgan fingerprint density at radius 2 is 1.67 bits per heavy atom. The number of para-hydroxylation sites is 1.